The quantitative estimate of drug-likeness (QED) is 0.457. The van der Waals surface area contributed by atoms with Crippen LogP contribution < -0.4 is 9.47 Å². The van der Waals surface area contributed by atoms with Gasteiger partial charge in [0.05, 0.1) is 0 Å². The molecule has 1 aliphatic heterocycles. The van der Waals surface area contributed by atoms with Crippen LogP contribution in [0.3, 0.4) is 0 Å². The van der Waals surface area contributed by atoms with E-state index < -0.39 is 16.6 Å². The molecule has 190 valence electrons. The summed E-state index contributed by atoms with van der Waals surface area (Å²) in [6, 6.07) is 11.1. The smallest absolute Gasteiger partial charge is 0.317 e. The molecule has 35 heavy (non-hydrogen) atoms. The third-order valence-corrected chi connectivity index (χ3v) is 8.89. The molecule has 2 aliphatic rings. The fourth-order valence-corrected chi connectivity index (χ4v) is 7.22. The minimum absolute atomic E-state index is 0.0580. The third-order valence-electron chi connectivity index (χ3n) is 7.75. The van der Waals surface area contributed by atoms with Crippen LogP contribution in [0.25, 0.3) is 0 Å². The van der Waals surface area contributed by atoms with Crippen molar-refractivity contribution in [3.63, 3.8) is 0 Å². The summed E-state index contributed by atoms with van der Waals surface area (Å²) < 4.78 is 24.9. The van der Waals surface area contributed by atoms with Gasteiger partial charge in [0.25, 0.3) is 0 Å². The number of carboxylic acid groups (broad SMARTS) is 1. The number of aryl methyl sites for hydroxylation is 1. The van der Waals surface area contributed by atoms with Gasteiger partial charge in [0.2, 0.25) is 6.79 Å². The summed E-state index contributed by atoms with van der Waals surface area (Å²) in [5.41, 5.74) is 2.94. The Labute approximate surface area is 212 Å². The fraction of sp³-hybridized carbons (Fsp3) is 0.536. The molecule has 7 heteroatoms. The molecule has 0 saturated carbocycles. The van der Waals surface area contributed by atoms with Crippen molar-refractivity contribution in [1.29, 1.82) is 0 Å². The number of aliphatic carboxylic acids is 1. The number of rotatable bonds is 10. The summed E-state index contributed by atoms with van der Waals surface area (Å²) in [6.07, 6.45) is 5.02. The van der Waals surface area contributed by atoms with E-state index in [0.717, 1.165) is 55.0 Å². The molecule has 0 saturated heterocycles. The van der Waals surface area contributed by atoms with Crippen LogP contribution in [0.5, 0.6) is 11.5 Å². The SMILES string of the molecule is CS[C@@H](C(=O)O)C1(CCN(C)CCc2ccc3c(c2)OCO3)CCc2cc(F)ccc2C1C(C)C. The van der Waals surface area contributed by atoms with E-state index in [0.29, 0.717) is 6.42 Å². The Morgan fingerprint density at radius 3 is 2.69 bits per heavy atom. The number of ether oxygens (including phenoxy) is 2. The molecular formula is C28H36FNO4S. The Morgan fingerprint density at radius 2 is 1.97 bits per heavy atom. The number of nitrogens with zero attached hydrogens (tertiary/aromatic N) is 1. The first-order valence-corrected chi connectivity index (χ1v) is 13.6. The van der Waals surface area contributed by atoms with Gasteiger partial charge in [-0.2, -0.15) is 0 Å². The van der Waals surface area contributed by atoms with Gasteiger partial charge in [-0.1, -0.05) is 26.0 Å². The van der Waals surface area contributed by atoms with E-state index in [4.69, 9.17) is 9.47 Å². The van der Waals surface area contributed by atoms with Gasteiger partial charge >= 0.3 is 5.97 Å². The lowest BCUT2D eigenvalue weighted by Crippen LogP contribution is -2.49. The number of carboxylic acids is 1. The molecule has 5 nitrogen and oxygen atoms in total. The molecule has 2 unspecified atom stereocenters. The van der Waals surface area contributed by atoms with Crippen LogP contribution >= 0.6 is 11.8 Å². The Hall–Kier alpha value is -2.25. The summed E-state index contributed by atoms with van der Waals surface area (Å²) in [5.74, 6) is 0.914. The van der Waals surface area contributed by atoms with E-state index in [1.165, 1.54) is 23.4 Å². The first-order valence-electron chi connectivity index (χ1n) is 12.4. The number of benzene rings is 2. The van der Waals surface area contributed by atoms with Crippen molar-refractivity contribution in [2.24, 2.45) is 11.3 Å². The first kappa shape index (κ1) is 25.8. The number of carbonyl (C=O) groups is 1. The van der Waals surface area contributed by atoms with Gasteiger partial charge in [0.1, 0.15) is 11.1 Å². The Bertz CT molecular complexity index is 1060. The highest BCUT2D eigenvalue weighted by atomic mass is 32.2. The molecule has 1 heterocycles. The van der Waals surface area contributed by atoms with Crippen LogP contribution in [0.15, 0.2) is 36.4 Å². The van der Waals surface area contributed by atoms with Crippen LogP contribution in [0, 0.1) is 17.2 Å². The molecule has 0 bridgehead atoms. The van der Waals surface area contributed by atoms with Crippen molar-refractivity contribution in [3.8, 4) is 11.5 Å². The molecule has 0 radical (unpaired) electrons. The van der Waals surface area contributed by atoms with Crippen LogP contribution in [0.4, 0.5) is 4.39 Å². The highest BCUT2D eigenvalue weighted by Crippen LogP contribution is 2.56. The number of thioether (sulfide) groups is 1. The van der Waals surface area contributed by atoms with Gasteiger partial charge in [-0.25, -0.2) is 4.39 Å². The maximum Gasteiger partial charge on any atom is 0.317 e. The van der Waals surface area contributed by atoms with E-state index in [1.807, 2.05) is 24.5 Å². The van der Waals surface area contributed by atoms with Crippen molar-refractivity contribution >= 4 is 17.7 Å². The average Bonchev–Trinajstić information content (AvgIpc) is 3.29. The fourth-order valence-electron chi connectivity index (χ4n) is 6.16. The molecule has 1 aliphatic carbocycles. The molecule has 4 rings (SSSR count). The maximum absolute atomic E-state index is 14.0. The maximum atomic E-state index is 14.0. The summed E-state index contributed by atoms with van der Waals surface area (Å²) in [5, 5.41) is 9.74. The van der Waals surface area contributed by atoms with Gasteiger partial charge in [-0.15, -0.1) is 11.8 Å². The third kappa shape index (κ3) is 5.31. The van der Waals surface area contributed by atoms with Crippen molar-refractivity contribution in [1.82, 2.24) is 4.90 Å². The number of halogens is 1. The predicted molar refractivity (Wildman–Crippen MR) is 138 cm³/mol. The van der Waals surface area contributed by atoms with Crippen molar-refractivity contribution < 1.29 is 23.8 Å². The number of fused-ring (bicyclic) bond motifs is 2. The molecule has 0 spiro atoms. The zero-order chi connectivity index (χ0) is 25.2. The van der Waals surface area contributed by atoms with Crippen LogP contribution in [0.1, 0.15) is 49.3 Å². The topological polar surface area (TPSA) is 59.0 Å². The average molecular weight is 502 g/mol. The van der Waals surface area contributed by atoms with Crippen LogP contribution in [-0.4, -0.2) is 54.4 Å². The molecule has 1 N–H and O–H groups in total. The lowest BCUT2D eigenvalue weighted by Gasteiger charge is -2.50. The summed E-state index contributed by atoms with van der Waals surface area (Å²) in [7, 11) is 2.10. The van der Waals surface area contributed by atoms with Crippen LogP contribution in [0.2, 0.25) is 0 Å². The largest absolute Gasteiger partial charge is 0.480 e. The summed E-state index contributed by atoms with van der Waals surface area (Å²) in [4.78, 5) is 14.8. The lowest BCUT2D eigenvalue weighted by molar-refractivity contribution is -0.140. The van der Waals surface area contributed by atoms with Gasteiger partial charge < -0.3 is 19.5 Å². The van der Waals surface area contributed by atoms with Gasteiger partial charge in [0, 0.05) is 12.0 Å². The molecule has 3 atom stereocenters. The van der Waals surface area contributed by atoms with E-state index in [9.17, 15) is 14.3 Å². The summed E-state index contributed by atoms with van der Waals surface area (Å²) in [6.45, 7) is 6.27. The van der Waals surface area contributed by atoms with Crippen LogP contribution in [-0.2, 0) is 17.6 Å². The first-order chi connectivity index (χ1) is 16.7. The molecule has 0 amide bonds. The summed E-state index contributed by atoms with van der Waals surface area (Å²) >= 11 is 1.44. The van der Waals surface area contributed by atoms with E-state index >= 15 is 0 Å². The zero-order valence-corrected chi connectivity index (χ0v) is 21.9. The second-order valence-corrected chi connectivity index (χ2v) is 11.2. The van der Waals surface area contributed by atoms with Crippen molar-refractivity contribution in [2.75, 3.05) is 33.2 Å². The molecule has 2 aromatic carbocycles. The zero-order valence-electron chi connectivity index (χ0n) is 21.1. The second kappa shape index (κ2) is 10.8. The van der Waals surface area contributed by atoms with E-state index in [1.54, 1.807) is 6.07 Å². The predicted octanol–water partition coefficient (Wildman–Crippen LogP) is 5.61. The van der Waals surface area contributed by atoms with Crippen molar-refractivity contribution in [2.45, 2.75) is 50.7 Å². The minimum atomic E-state index is -0.753. The van der Waals surface area contributed by atoms with Gasteiger partial charge in [-0.3, -0.25) is 4.79 Å². The normalized spacial score (nSPS) is 21.9. The van der Waals surface area contributed by atoms with Gasteiger partial charge in [0.15, 0.2) is 11.5 Å². The number of hydrogen-bond donors (Lipinski definition) is 1. The number of hydrogen-bond acceptors (Lipinski definition) is 5. The molecule has 0 fully saturated rings. The highest BCUT2D eigenvalue weighted by molar-refractivity contribution is 7.99. The minimum Gasteiger partial charge on any atom is -0.480 e. The monoisotopic (exact) mass is 501 g/mol. The Balaban J connectivity index is 1.53. The number of likely N-dealkylation sites (N-methyl/N-ethyl adjacent to an activating group) is 1. The van der Waals surface area contributed by atoms with Crippen molar-refractivity contribution in [3.05, 3.63) is 58.9 Å². The Morgan fingerprint density at radius 1 is 1.20 bits per heavy atom. The van der Waals surface area contributed by atoms with Gasteiger partial charge in [-0.05, 0) is 98.3 Å². The van der Waals surface area contributed by atoms with E-state index in [2.05, 4.69) is 31.9 Å². The van der Waals surface area contributed by atoms with E-state index in [-0.39, 0.29) is 24.4 Å². The molecule has 2 aromatic rings. The Kier molecular flexibility index (Phi) is 7.96. The lowest BCUT2D eigenvalue weighted by atomic mass is 9.57. The standard InChI is InChI=1S/C28H36FNO4S/c1-18(2)25-22-7-6-21(29)16-20(22)9-11-28(25,26(35-4)27(31)32)12-14-30(3)13-10-19-5-8-23-24(15-19)34-17-33-23/h5-8,15-16,18,25-26H,9-14,17H2,1-4H3,(H,31,32)/t25?,26-,28?/m0/s1. The molecular weight excluding hydrogens is 465 g/mol. The second-order valence-electron chi connectivity index (χ2n) is 10.2. The molecule has 0 aromatic heterocycles. The highest BCUT2D eigenvalue weighted by Gasteiger charge is 2.52.